The second-order valence-electron chi connectivity index (χ2n) is 7.65. The molecule has 2 aliphatic rings. The summed E-state index contributed by atoms with van der Waals surface area (Å²) in [5.74, 6) is -0.468. The smallest absolute Gasteiger partial charge is 0.228 e. The summed E-state index contributed by atoms with van der Waals surface area (Å²) in [6.07, 6.45) is 3.88. The number of halogens is 1. The topological polar surface area (TPSA) is 69.7 Å². The largest absolute Gasteiger partial charge is 0.356 e. The van der Waals surface area contributed by atoms with E-state index >= 15 is 0 Å². The number of unbranched alkanes of at least 4 members (excludes halogenated alkanes) is 1. The van der Waals surface area contributed by atoms with Crippen LogP contribution in [0.25, 0.3) is 0 Å². The van der Waals surface area contributed by atoms with Crippen LogP contribution in [0.1, 0.15) is 39.0 Å². The minimum Gasteiger partial charge on any atom is -0.356 e. The zero-order valence-electron chi connectivity index (χ0n) is 16.3. The van der Waals surface area contributed by atoms with Gasteiger partial charge in [0.05, 0.1) is 11.8 Å². The number of nitrogens with zero attached hydrogens (tertiary/aromatic N) is 2. The first-order chi connectivity index (χ1) is 13.5. The van der Waals surface area contributed by atoms with Gasteiger partial charge in [0.1, 0.15) is 0 Å². The van der Waals surface area contributed by atoms with Crippen LogP contribution in [0, 0.1) is 11.8 Å². The van der Waals surface area contributed by atoms with E-state index < -0.39 is 0 Å². The number of rotatable bonds is 6. The highest BCUT2D eigenvalue weighted by molar-refractivity contribution is 9.10. The number of benzene rings is 1. The second-order valence-corrected chi connectivity index (χ2v) is 8.57. The molecular weight excluding hydrogens is 422 g/mol. The van der Waals surface area contributed by atoms with Crippen LogP contribution in [0.15, 0.2) is 28.7 Å². The average molecular weight is 450 g/mol. The molecule has 1 aromatic carbocycles. The lowest BCUT2D eigenvalue weighted by Crippen LogP contribution is -2.47. The van der Waals surface area contributed by atoms with Crippen LogP contribution in [0.5, 0.6) is 0 Å². The number of hydrogen-bond acceptors (Lipinski definition) is 3. The highest BCUT2D eigenvalue weighted by Gasteiger charge is 2.39. The van der Waals surface area contributed by atoms with Gasteiger partial charge in [-0.15, -0.1) is 0 Å². The van der Waals surface area contributed by atoms with Gasteiger partial charge in [-0.3, -0.25) is 14.4 Å². The van der Waals surface area contributed by atoms with Gasteiger partial charge in [0.25, 0.3) is 0 Å². The Bertz CT molecular complexity index is 739. The monoisotopic (exact) mass is 449 g/mol. The summed E-state index contributed by atoms with van der Waals surface area (Å²) in [7, 11) is 0. The van der Waals surface area contributed by atoms with E-state index in [2.05, 4.69) is 28.2 Å². The molecule has 0 aliphatic carbocycles. The van der Waals surface area contributed by atoms with Crippen molar-refractivity contribution in [1.82, 2.24) is 10.2 Å². The van der Waals surface area contributed by atoms with E-state index in [1.54, 1.807) is 9.80 Å². The highest BCUT2D eigenvalue weighted by atomic mass is 79.9. The zero-order valence-corrected chi connectivity index (χ0v) is 17.9. The van der Waals surface area contributed by atoms with Crippen LogP contribution in [0.4, 0.5) is 5.69 Å². The van der Waals surface area contributed by atoms with Crippen molar-refractivity contribution < 1.29 is 14.4 Å². The lowest BCUT2D eigenvalue weighted by molar-refractivity contribution is -0.139. The van der Waals surface area contributed by atoms with Crippen LogP contribution >= 0.6 is 15.9 Å². The summed E-state index contributed by atoms with van der Waals surface area (Å²) in [6.45, 7) is 4.31. The summed E-state index contributed by atoms with van der Waals surface area (Å²) in [5.41, 5.74) is 0.807. The third-order valence-corrected chi connectivity index (χ3v) is 6.02. The van der Waals surface area contributed by atoms with E-state index in [1.807, 2.05) is 24.3 Å². The molecule has 0 unspecified atom stereocenters. The molecule has 0 aromatic heterocycles. The third kappa shape index (κ3) is 4.93. The average Bonchev–Trinajstić information content (AvgIpc) is 3.09. The Morgan fingerprint density at radius 2 is 2.07 bits per heavy atom. The number of likely N-dealkylation sites (tertiary alicyclic amines) is 1. The molecule has 0 saturated carbocycles. The molecular formula is C21H28BrN3O3. The van der Waals surface area contributed by atoms with Gasteiger partial charge in [0.2, 0.25) is 17.7 Å². The Morgan fingerprint density at radius 1 is 1.25 bits per heavy atom. The van der Waals surface area contributed by atoms with Gasteiger partial charge >= 0.3 is 0 Å². The van der Waals surface area contributed by atoms with E-state index in [9.17, 15) is 14.4 Å². The summed E-state index contributed by atoms with van der Waals surface area (Å²) >= 11 is 3.43. The van der Waals surface area contributed by atoms with Crippen LogP contribution in [-0.2, 0) is 14.4 Å². The number of nitrogens with one attached hydrogen (secondary N) is 1. The highest BCUT2D eigenvalue weighted by Crippen LogP contribution is 2.29. The van der Waals surface area contributed by atoms with Crippen molar-refractivity contribution >= 4 is 39.3 Å². The summed E-state index contributed by atoms with van der Waals surface area (Å²) in [6, 6.07) is 7.57. The van der Waals surface area contributed by atoms with Crippen LogP contribution in [0.2, 0.25) is 0 Å². The fourth-order valence-corrected chi connectivity index (χ4v) is 4.34. The van der Waals surface area contributed by atoms with Gasteiger partial charge < -0.3 is 15.1 Å². The maximum Gasteiger partial charge on any atom is 0.228 e. The molecule has 2 fully saturated rings. The molecule has 3 amide bonds. The number of carbonyl (C=O) groups is 3. The fourth-order valence-electron chi connectivity index (χ4n) is 3.95. The van der Waals surface area contributed by atoms with Gasteiger partial charge in [-0.2, -0.15) is 0 Å². The molecule has 6 nitrogen and oxygen atoms in total. The predicted molar refractivity (Wildman–Crippen MR) is 112 cm³/mol. The fraction of sp³-hybridized carbons (Fsp3) is 0.571. The van der Waals surface area contributed by atoms with Crippen molar-refractivity contribution in [3.8, 4) is 0 Å². The molecule has 2 atom stereocenters. The van der Waals surface area contributed by atoms with Crippen molar-refractivity contribution in [3.63, 3.8) is 0 Å². The number of anilines is 1. The molecule has 7 heteroatoms. The summed E-state index contributed by atoms with van der Waals surface area (Å²) in [4.78, 5) is 41.3. The van der Waals surface area contributed by atoms with Crippen molar-refractivity contribution in [3.05, 3.63) is 28.7 Å². The van der Waals surface area contributed by atoms with E-state index in [-0.39, 0.29) is 36.0 Å². The van der Waals surface area contributed by atoms with Gasteiger partial charge in [-0.1, -0.05) is 35.3 Å². The Balaban J connectivity index is 1.59. The first-order valence-electron chi connectivity index (χ1n) is 10.1. The van der Waals surface area contributed by atoms with Crippen molar-refractivity contribution in [1.29, 1.82) is 0 Å². The van der Waals surface area contributed by atoms with Crippen LogP contribution in [-0.4, -0.2) is 48.8 Å². The SMILES string of the molecule is CCCCNC(=O)[C@H]1CCCN(C(=O)[C@@H]2CC(=O)N(c3cccc(Br)c3)C2)C1. The van der Waals surface area contributed by atoms with Gasteiger partial charge in [0.15, 0.2) is 0 Å². The number of piperidine rings is 1. The molecule has 3 rings (SSSR count). The number of hydrogen-bond donors (Lipinski definition) is 1. The van der Waals surface area contributed by atoms with Gasteiger partial charge in [-0.05, 0) is 37.5 Å². The van der Waals surface area contributed by atoms with E-state index in [1.165, 1.54) is 0 Å². The summed E-state index contributed by atoms with van der Waals surface area (Å²) in [5, 5.41) is 2.98. The molecule has 1 N–H and O–H groups in total. The molecule has 0 radical (unpaired) electrons. The molecule has 2 heterocycles. The van der Waals surface area contributed by atoms with Gasteiger partial charge in [0, 0.05) is 42.8 Å². The second kappa shape index (κ2) is 9.54. The van der Waals surface area contributed by atoms with Gasteiger partial charge in [-0.25, -0.2) is 0 Å². The minimum atomic E-state index is -0.339. The number of amides is 3. The Kier molecular flexibility index (Phi) is 7.10. The Morgan fingerprint density at radius 3 is 2.82 bits per heavy atom. The number of carbonyl (C=O) groups excluding carboxylic acids is 3. The van der Waals surface area contributed by atoms with Crippen molar-refractivity contribution in [2.45, 2.75) is 39.0 Å². The minimum absolute atomic E-state index is 0.00287. The third-order valence-electron chi connectivity index (χ3n) is 5.53. The molecule has 152 valence electrons. The predicted octanol–water partition coefficient (Wildman–Crippen LogP) is 2.96. The van der Waals surface area contributed by atoms with Crippen LogP contribution in [0.3, 0.4) is 0 Å². The Labute approximate surface area is 174 Å². The van der Waals surface area contributed by atoms with E-state index in [0.717, 1.165) is 35.8 Å². The molecule has 2 aliphatic heterocycles. The Hall–Kier alpha value is -1.89. The quantitative estimate of drug-likeness (QED) is 0.678. The van der Waals surface area contributed by atoms with E-state index in [4.69, 9.17) is 0 Å². The lowest BCUT2D eigenvalue weighted by atomic mass is 9.95. The lowest BCUT2D eigenvalue weighted by Gasteiger charge is -2.33. The summed E-state index contributed by atoms with van der Waals surface area (Å²) < 4.78 is 0.903. The molecule has 0 bridgehead atoms. The first kappa shape index (κ1) is 20.8. The molecule has 0 spiro atoms. The van der Waals surface area contributed by atoms with E-state index in [0.29, 0.717) is 26.2 Å². The molecule has 28 heavy (non-hydrogen) atoms. The standard InChI is InChI=1S/C21H28BrN3O3/c1-2-3-9-23-20(27)15-6-5-10-24(13-15)21(28)16-11-19(26)25(14-16)18-8-4-7-17(22)12-18/h4,7-8,12,15-16H,2-3,5-6,9-11,13-14H2,1H3,(H,23,27)/t15-,16+/m0/s1. The zero-order chi connectivity index (χ0) is 20.1. The van der Waals surface area contributed by atoms with Crippen molar-refractivity contribution in [2.24, 2.45) is 11.8 Å². The molecule has 2 saturated heterocycles. The van der Waals surface area contributed by atoms with Crippen molar-refractivity contribution in [2.75, 3.05) is 31.1 Å². The molecule has 1 aromatic rings. The maximum atomic E-state index is 13.0. The normalized spacial score (nSPS) is 22.4. The van der Waals surface area contributed by atoms with Crippen LogP contribution < -0.4 is 10.2 Å². The first-order valence-corrected chi connectivity index (χ1v) is 10.9. The maximum absolute atomic E-state index is 13.0.